The molecular weight excluding hydrogens is 244 g/mol. The van der Waals surface area contributed by atoms with Crippen molar-refractivity contribution in [3.8, 4) is 0 Å². The Kier molecular flexibility index (Phi) is 9.66. The fourth-order valence-electron chi connectivity index (χ4n) is 1.25. The first kappa shape index (κ1) is 16.8. The first-order chi connectivity index (χ1) is 8.05. The van der Waals surface area contributed by atoms with Crippen molar-refractivity contribution in [2.45, 2.75) is 19.4 Å². The van der Waals surface area contributed by atoms with E-state index >= 15 is 0 Å². The van der Waals surface area contributed by atoms with Gasteiger partial charge in [0.25, 0.3) is 0 Å². The molecule has 104 valence electrons. The van der Waals surface area contributed by atoms with E-state index in [1.54, 1.807) is 7.11 Å². The fourth-order valence-corrected chi connectivity index (χ4v) is 2.36. The van der Waals surface area contributed by atoms with E-state index in [0.717, 1.165) is 6.54 Å². The Hall–Kier alpha value is -0.210. The van der Waals surface area contributed by atoms with Gasteiger partial charge in [-0.15, -0.1) is 0 Å². The Bertz CT molecular complexity index is 269. The molecule has 0 saturated heterocycles. The summed E-state index contributed by atoms with van der Waals surface area (Å²) in [6.45, 7) is 4.17. The summed E-state index contributed by atoms with van der Waals surface area (Å²) in [6, 6.07) is 0. The molecule has 7 heteroatoms. The van der Waals surface area contributed by atoms with Gasteiger partial charge in [-0.05, 0) is 19.5 Å². The molecule has 0 bridgehead atoms. The van der Waals surface area contributed by atoms with Crippen LogP contribution in [0, 0.1) is 0 Å². The summed E-state index contributed by atoms with van der Waals surface area (Å²) in [7, 11) is -0.128. The smallest absolute Gasteiger partial charge is 0.211 e. The van der Waals surface area contributed by atoms with Crippen LogP contribution in [0.4, 0.5) is 0 Å². The Balaban J connectivity index is 3.83. The number of rotatable bonds is 11. The summed E-state index contributed by atoms with van der Waals surface area (Å²) in [5.41, 5.74) is 0. The van der Waals surface area contributed by atoms with Crippen LogP contribution in [-0.4, -0.2) is 60.7 Å². The molecule has 1 atom stereocenters. The van der Waals surface area contributed by atoms with Gasteiger partial charge in [-0.25, -0.2) is 13.1 Å². The molecule has 17 heavy (non-hydrogen) atoms. The minimum absolute atomic E-state index is 0.128. The van der Waals surface area contributed by atoms with Crippen LogP contribution in [0.15, 0.2) is 0 Å². The standard InChI is InChI=1S/C10H24N2O4S/c1-4-11-6-5-7-17(13,14)12-8-10(16-3)9-15-2/h10-12H,4-9H2,1-3H3. The van der Waals surface area contributed by atoms with Gasteiger partial charge in [0.15, 0.2) is 0 Å². The summed E-state index contributed by atoms with van der Waals surface area (Å²) in [6.07, 6.45) is 0.356. The highest BCUT2D eigenvalue weighted by Crippen LogP contribution is 1.93. The maximum Gasteiger partial charge on any atom is 0.211 e. The average Bonchev–Trinajstić information content (AvgIpc) is 2.30. The number of sulfonamides is 1. The minimum Gasteiger partial charge on any atom is -0.382 e. The molecule has 0 aromatic heterocycles. The number of hydrogen-bond donors (Lipinski definition) is 2. The van der Waals surface area contributed by atoms with Gasteiger partial charge in [0, 0.05) is 20.8 Å². The van der Waals surface area contributed by atoms with Crippen molar-refractivity contribution in [3.63, 3.8) is 0 Å². The summed E-state index contributed by atoms with van der Waals surface area (Å²) in [5.74, 6) is 0.128. The van der Waals surface area contributed by atoms with E-state index in [2.05, 4.69) is 10.0 Å². The van der Waals surface area contributed by atoms with Crippen LogP contribution in [-0.2, 0) is 19.5 Å². The molecule has 0 aliphatic rings. The Morgan fingerprint density at radius 2 is 2.00 bits per heavy atom. The number of nitrogens with one attached hydrogen (secondary N) is 2. The lowest BCUT2D eigenvalue weighted by Crippen LogP contribution is -2.37. The molecule has 0 spiro atoms. The van der Waals surface area contributed by atoms with Crippen molar-refractivity contribution in [1.82, 2.24) is 10.0 Å². The second-order valence-corrected chi connectivity index (χ2v) is 5.61. The van der Waals surface area contributed by atoms with E-state index < -0.39 is 10.0 Å². The topological polar surface area (TPSA) is 76.7 Å². The van der Waals surface area contributed by atoms with E-state index in [1.165, 1.54) is 7.11 Å². The molecule has 0 amide bonds. The van der Waals surface area contributed by atoms with Crippen molar-refractivity contribution in [2.24, 2.45) is 0 Å². The predicted molar refractivity (Wildman–Crippen MR) is 67.6 cm³/mol. The van der Waals surface area contributed by atoms with Gasteiger partial charge in [0.05, 0.1) is 18.5 Å². The largest absolute Gasteiger partial charge is 0.382 e. The molecule has 1 unspecified atom stereocenters. The van der Waals surface area contributed by atoms with Crippen LogP contribution >= 0.6 is 0 Å². The average molecular weight is 268 g/mol. The first-order valence-electron chi connectivity index (χ1n) is 5.75. The lowest BCUT2D eigenvalue weighted by atomic mass is 10.4. The Labute approximate surface area is 104 Å². The van der Waals surface area contributed by atoms with Crippen LogP contribution in [0.3, 0.4) is 0 Å². The van der Waals surface area contributed by atoms with Crippen LogP contribution < -0.4 is 10.0 Å². The molecule has 0 rings (SSSR count). The number of methoxy groups -OCH3 is 2. The summed E-state index contributed by atoms with van der Waals surface area (Å²) < 4.78 is 35.6. The fraction of sp³-hybridized carbons (Fsp3) is 1.00. The molecule has 6 nitrogen and oxygen atoms in total. The van der Waals surface area contributed by atoms with Gasteiger partial charge in [-0.3, -0.25) is 0 Å². The molecule has 0 aliphatic carbocycles. The molecule has 0 fully saturated rings. The molecule has 2 N–H and O–H groups in total. The molecular formula is C10H24N2O4S. The third-order valence-corrected chi connectivity index (χ3v) is 3.67. The van der Waals surface area contributed by atoms with Gasteiger partial charge in [-0.2, -0.15) is 0 Å². The van der Waals surface area contributed by atoms with Crippen LogP contribution in [0.25, 0.3) is 0 Å². The van der Waals surface area contributed by atoms with Crippen molar-refractivity contribution >= 4 is 10.0 Å². The van der Waals surface area contributed by atoms with Crippen LogP contribution in [0.1, 0.15) is 13.3 Å². The minimum atomic E-state index is -3.21. The van der Waals surface area contributed by atoms with Crippen molar-refractivity contribution in [2.75, 3.05) is 46.2 Å². The van der Waals surface area contributed by atoms with E-state index in [0.29, 0.717) is 19.6 Å². The zero-order chi connectivity index (χ0) is 13.1. The normalized spacial score (nSPS) is 13.8. The van der Waals surface area contributed by atoms with Crippen molar-refractivity contribution in [1.29, 1.82) is 0 Å². The van der Waals surface area contributed by atoms with E-state index in [4.69, 9.17) is 9.47 Å². The second-order valence-electron chi connectivity index (χ2n) is 3.69. The molecule has 0 aromatic carbocycles. The Morgan fingerprint density at radius 1 is 1.29 bits per heavy atom. The highest BCUT2D eigenvalue weighted by atomic mass is 32.2. The van der Waals surface area contributed by atoms with E-state index in [9.17, 15) is 8.42 Å². The quantitative estimate of drug-likeness (QED) is 0.497. The Morgan fingerprint density at radius 3 is 2.53 bits per heavy atom. The highest BCUT2D eigenvalue weighted by molar-refractivity contribution is 7.89. The predicted octanol–water partition coefficient (Wildman–Crippen LogP) is -0.433. The van der Waals surface area contributed by atoms with E-state index in [1.807, 2.05) is 6.92 Å². The lowest BCUT2D eigenvalue weighted by molar-refractivity contribution is 0.0320. The molecule has 0 heterocycles. The zero-order valence-electron chi connectivity index (χ0n) is 10.9. The highest BCUT2D eigenvalue weighted by Gasteiger charge is 2.13. The maximum atomic E-state index is 11.6. The summed E-state index contributed by atoms with van der Waals surface area (Å²) in [4.78, 5) is 0. The summed E-state index contributed by atoms with van der Waals surface area (Å²) >= 11 is 0. The van der Waals surface area contributed by atoms with Crippen LogP contribution in [0.2, 0.25) is 0 Å². The number of hydrogen-bond acceptors (Lipinski definition) is 5. The van der Waals surface area contributed by atoms with Crippen molar-refractivity contribution < 1.29 is 17.9 Å². The van der Waals surface area contributed by atoms with Gasteiger partial charge in [-0.1, -0.05) is 6.92 Å². The molecule has 0 radical (unpaired) electrons. The summed E-state index contributed by atoms with van der Waals surface area (Å²) in [5, 5.41) is 3.08. The third kappa shape index (κ3) is 9.49. The molecule has 0 aliphatic heterocycles. The monoisotopic (exact) mass is 268 g/mol. The van der Waals surface area contributed by atoms with E-state index in [-0.39, 0.29) is 18.4 Å². The van der Waals surface area contributed by atoms with Crippen molar-refractivity contribution in [3.05, 3.63) is 0 Å². The zero-order valence-corrected chi connectivity index (χ0v) is 11.7. The van der Waals surface area contributed by atoms with Gasteiger partial charge in [0.2, 0.25) is 10.0 Å². The van der Waals surface area contributed by atoms with Gasteiger partial charge < -0.3 is 14.8 Å². The number of ether oxygens (including phenoxy) is 2. The maximum absolute atomic E-state index is 11.6. The lowest BCUT2D eigenvalue weighted by Gasteiger charge is -2.15. The third-order valence-electron chi connectivity index (χ3n) is 2.23. The van der Waals surface area contributed by atoms with Gasteiger partial charge in [0.1, 0.15) is 0 Å². The van der Waals surface area contributed by atoms with Crippen LogP contribution in [0.5, 0.6) is 0 Å². The van der Waals surface area contributed by atoms with Gasteiger partial charge >= 0.3 is 0 Å². The second kappa shape index (κ2) is 9.78. The molecule has 0 saturated carbocycles. The molecule has 0 aromatic rings. The first-order valence-corrected chi connectivity index (χ1v) is 7.40. The SMILES string of the molecule is CCNCCCS(=O)(=O)NCC(COC)OC.